The molecule has 9 atom stereocenters. The fourth-order valence-corrected chi connectivity index (χ4v) is 10.1. The molecule has 0 spiro atoms. The van der Waals surface area contributed by atoms with Gasteiger partial charge >= 0.3 is 17.9 Å². The number of esters is 3. The highest BCUT2D eigenvalue weighted by Crippen LogP contribution is 2.51. The average Bonchev–Trinajstić information content (AvgIpc) is 3.99. The van der Waals surface area contributed by atoms with Crippen molar-refractivity contribution < 1.29 is 28.6 Å². The Morgan fingerprint density at radius 1 is 0.471 bits per heavy atom. The molecule has 0 heterocycles. The lowest BCUT2D eigenvalue weighted by Crippen LogP contribution is -2.28. The Kier molecular flexibility index (Phi) is 15.4. The zero-order chi connectivity index (χ0) is 37.4. The van der Waals surface area contributed by atoms with E-state index in [9.17, 15) is 14.4 Å². The Morgan fingerprint density at radius 2 is 0.843 bits per heavy atom. The summed E-state index contributed by atoms with van der Waals surface area (Å²) >= 11 is 0. The third-order valence-corrected chi connectivity index (χ3v) is 15.1. The first-order valence-electron chi connectivity index (χ1n) is 21.6. The van der Waals surface area contributed by atoms with E-state index in [1.54, 1.807) is 0 Å². The zero-order valence-electron chi connectivity index (χ0n) is 34.5. The van der Waals surface area contributed by atoms with Crippen LogP contribution in [0.2, 0.25) is 0 Å². The van der Waals surface area contributed by atoms with Crippen LogP contribution in [-0.2, 0) is 28.6 Å². The Labute approximate surface area is 313 Å². The molecule has 0 aliphatic heterocycles. The van der Waals surface area contributed by atoms with E-state index < -0.39 is 0 Å². The quantitative estimate of drug-likeness (QED) is 0.0954. The molecule has 6 aliphatic carbocycles. The normalized spacial score (nSPS) is 31.8. The van der Waals surface area contributed by atoms with Crippen molar-refractivity contribution in [1.82, 2.24) is 0 Å². The lowest BCUT2D eigenvalue weighted by Gasteiger charge is -2.25. The van der Waals surface area contributed by atoms with Crippen molar-refractivity contribution in [3.05, 3.63) is 0 Å². The van der Waals surface area contributed by atoms with Gasteiger partial charge in [0.2, 0.25) is 0 Å². The number of fused-ring (bicyclic) bond motifs is 6. The Morgan fingerprint density at radius 3 is 1.22 bits per heavy atom. The van der Waals surface area contributed by atoms with Crippen LogP contribution in [0.1, 0.15) is 178 Å². The highest BCUT2D eigenvalue weighted by atomic mass is 16.5. The standard InChI is InChI=1S/C16H28O2.C15H26O2.C14H24O2/c1-4-16(2,3)15(17)18-9-5-6-13-10-12-7-8-14(13)11-12;1-4-15(2,3)14(16)17-8-7-13-10-11-5-6-12(13)9-11;1-4-14(2,3)13(15)16-9-12-8-10-5-6-11(12)7-10/h12-14H,4-11H2,1-3H3;11-13H,4-10H2,1-3H3;10-12H,4-9H2,1-3H3. The van der Waals surface area contributed by atoms with Crippen LogP contribution in [-0.4, -0.2) is 37.7 Å². The summed E-state index contributed by atoms with van der Waals surface area (Å²) in [6.45, 7) is 19.8. The molecule has 6 aliphatic rings. The molecule has 294 valence electrons. The number of carbonyl (C=O) groups is 3. The van der Waals surface area contributed by atoms with Gasteiger partial charge < -0.3 is 14.2 Å². The molecular formula is C45H78O6. The second kappa shape index (κ2) is 18.6. The van der Waals surface area contributed by atoms with Crippen molar-refractivity contribution in [3.8, 4) is 0 Å². The predicted molar refractivity (Wildman–Crippen MR) is 206 cm³/mol. The van der Waals surface area contributed by atoms with Crippen molar-refractivity contribution >= 4 is 17.9 Å². The molecule has 0 aromatic rings. The molecule has 6 fully saturated rings. The minimum atomic E-state index is -0.313. The van der Waals surface area contributed by atoms with Gasteiger partial charge in [-0.2, -0.15) is 0 Å². The van der Waals surface area contributed by atoms with Crippen LogP contribution in [0.15, 0.2) is 0 Å². The highest BCUT2D eigenvalue weighted by Gasteiger charge is 2.42. The molecule has 0 aromatic heterocycles. The average molecular weight is 715 g/mol. The first-order valence-corrected chi connectivity index (χ1v) is 21.6. The third kappa shape index (κ3) is 11.7. The molecule has 0 saturated heterocycles. The number of carbonyl (C=O) groups excluding carboxylic acids is 3. The first kappa shape index (κ1) is 42.2. The monoisotopic (exact) mass is 715 g/mol. The second-order valence-electron chi connectivity index (χ2n) is 19.8. The van der Waals surface area contributed by atoms with Crippen molar-refractivity contribution in [2.75, 3.05) is 19.8 Å². The molecule has 6 rings (SSSR count). The van der Waals surface area contributed by atoms with Crippen LogP contribution in [0.25, 0.3) is 0 Å². The SMILES string of the molecule is CCC(C)(C)C(=O)OCC1CC2CCC1C2.CCC(C)(C)C(=O)OCCC1CC2CCC1C2.CCC(C)(C)C(=O)OCCCC1CC2CCC1C2. The van der Waals surface area contributed by atoms with Crippen molar-refractivity contribution in [3.63, 3.8) is 0 Å². The van der Waals surface area contributed by atoms with Gasteiger partial charge in [-0.1, -0.05) is 40.0 Å². The number of ether oxygens (including phenoxy) is 3. The Hall–Kier alpha value is -1.59. The maximum Gasteiger partial charge on any atom is 0.311 e. The molecule has 6 saturated carbocycles. The number of hydrogen-bond donors (Lipinski definition) is 0. The van der Waals surface area contributed by atoms with E-state index >= 15 is 0 Å². The van der Waals surface area contributed by atoms with Crippen LogP contribution in [0.5, 0.6) is 0 Å². The number of hydrogen-bond acceptors (Lipinski definition) is 6. The summed E-state index contributed by atoms with van der Waals surface area (Å²) in [6, 6.07) is 0. The number of rotatable bonds is 15. The van der Waals surface area contributed by atoms with Gasteiger partial charge in [-0.15, -0.1) is 0 Å². The van der Waals surface area contributed by atoms with Gasteiger partial charge in [-0.05, 0) is 191 Å². The van der Waals surface area contributed by atoms with Gasteiger partial charge in [0.25, 0.3) is 0 Å². The summed E-state index contributed by atoms with van der Waals surface area (Å²) in [4.78, 5) is 35.4. The third-order valence-electron chi connectivity index (χ3n) is 15.1. The highest BCUT2D eigenvalue weighted by molar-refractivity contribution is 5.76. The first-order chi connectivity index (χ1) is 24.1. The Balaban J connectivity index is 0.000000172. The van der Waals surface area contributed by atoms with Crippen LogP contribution in [0.4, 0.5) is 0 Å². The maximum atomic E-state index is 11.8. The van der Waals surface area contributed by atoms with E-state index in [2.05, 4.69) is 0 Å². The lowest BCUT2D eigenvalue weighted by atomic mass is 9.86. The molecule has 6 nitrogen and oxygen atoms in total. The van der Waals surface area contributed by atoms with Gasteiger partial charge in [0.1, 0.15) is 0 Å². The fraction of sp³-hybridized carbons (Fsp3) is 0.933. The Bertz CT molecular complexity index is 1120. The summed E-state index contributed by atoms with van der Waals surface area (Å²) < 4.78 is 16.3. The van der Waals surface area contributed by atoms with E-state index in [1.165, 1.54) is 83.5 Å². The van der Waals surface area contributed by atoms with Gasteiger partial charge in [0.05, 0.1) is 36.1 Å². The lowest BCUT2D eigenvalue weighted by molar-refractivity contribution is -0.156. The molecule has 6 bridgehead atoms. The van der Waals surface area contributed by atoms with Crippen molar-refractivity contribution in [2.45, 2.75) is 178 Å². The second-order valence-corrected chi connectivity index (χ2v) is 19.8. The van der Waals surface area contributed by atoms with Crippen LogP contribution in [0.3, 0.4) is 0 Å². The minimum absolute atomic E-state index is 0.0160. The smallest absolute Gasteiger partial charge is 0.311 e. The molecule has 9 unspecified atom stereocenters. The zero-order valence-corrected chi connectivity index (χ0v) is 34.5. The molecule has 0 amide bonds. The molecular weight excluding hydrogens is 636 g/mol. The predicted octanol–water partition coefficient (Wildman–Crippen LogP) is 11.4. The molecule has 0 aromatic carbocycles. The summed E-state index contributed by atoms with van der Waals surface area (Å²) in [7, 11) is 0. The topological polar surface area (TPSA) is 78.9 Å². The summed E-state index contributed by atoms with van der Waals surface area (Å²) in [5, 5.41) is 0. The maximum absolute atomic E-state index is 11.8. The molecule has 51 heavy (non-hydrogen) atoms. The van der Waals surface area contributed by atoms with Crippen LogP contribution < -0.4 is 0 Å². The van der Waals surface area contributed by atoms with E-state index in [0.717, 1.165) is 79.4 Å². The molecule has 0 N–H and O–H groups in total. The van der Waals surface area contributed by atoms with Gasteiger partial charge in [-0.25, -0.2) is 0 Å². The van der Waals surface area contributed by atoms with E-state index in [-0.39, 0.29) is 34.2 Å². The van der Waals surface area contributed by atoms with Gasteiger partial charge in [0, 0.05) is 0 Å². The summed E-state index contributed by atoms with van der Waals surface area (Å²) in [5.41, 5.74) is -0.932. The van der Waals surface area contributed by atoms with Crippen LogP contribution >= 0.6 is 0 Å². The van der Waals surface area contributed by atoms with E-state index in [1.807, 2.05) is 62.3 Å². The van der Waals surface area contributed by atoms with E-state index in [0.29, 0.717) is 25.7 Å². The largest absolute Gasteiger partial charge is 0.465 e. The minimum Gasteiger partial charge on any atom is -0.465 e. The molecule has 6 heteroatoms. The fourth-order valence-electron chi connectivity index (χ4n) is 10.1. The van der Waals surface area contributed by atoms with Crippen molar-refractivity contribution in [2.24, 2.45) is 69.5 Å². The summed E-state index contributed by atoms with van der Waals surface area (Å²) in [5.74, 6) is 8.11. The molecule has 0 radical (unpaired) electrons. The van der Waals surface area contributed by atoms with Gasteiger partial charge in [-0.3, -0.25) is 14.4 Å². The van der Waals surface area contributed by atoms with Crippen LogP contribution in [0, 0.1) is 69.5 Å². The van der Waals surface area contributed by atoms with Gasteiger partial charge in [0.15, 0.2) is 0 Å². The summed E-state index contributed by atoms with van der Waals surface area (Å²) in [6.07, 6.45) is 23.0. The van der Waals surface area contributed by atoms with Crippen molar-refractivity contribution in [1.29, 1.82) is 0 Å². The van der Waals surface area contributed by atoms with E-state index in [4.69, 9.17) is 14.2 Å².